The monoisotopic (exact) mass is 500 g/mol. The van der Waals surface area contributed by atoms with Gasteiger partial charge in [0.25, 0.3) is 0 Å². The summed E-state index contributed by atoms with van der Waals surface area (Å²) in [6, 6.07) is 26.7. The lowest BCUT2D eigenvalue weighted by Gasteiger charge is -2.36. The van der Waals surface area contributed by atoms with Gasteiger partial charge in [-0.15, -0.1) is 0 Å². The minimum atomic E-state index is 0.293. The Kier molecular flexibility index (Phi) is 7.69. The largest absolute Gasteiger partial charge is 0.364 e. The fourth-order valence-corrected chi connectivity index (χ4v) is 5.78. The maximum absolute atomic E-state index is 2.46. The lowest BCUT2D eigenvalue weighted by molar-refractivity contribution is 0.417. The molecule has 2 nitrogen and oxygen atoms in total. The number of hydrogen-bond acceptors (Lipinski definition) is 1. The average Bonchev–Trinajstić information content (AvgIpc) is 3.10. The molecule has 4 aromatic rings. The Morgan fingerprint density at radius 1 is 0.868 bits per heavy atom. The van der Waals surface area contributed by atoms with Gasteiger partial charge in [0.1, 0.15) is 0 Å². The quantitative estimate of drug-likeness (QED) is 0.272. The maximum atomic E-state index is 2.46. The molecule has 2 heteroatoms. The Balaban J connectivity index is 0.000000937. The molecule has 2 aliphatic rings. The molecule has 0 fully saturated rings. The molecule has 0 saturated heterocycles. The molecule has 2 unspecified atom stereocenters. The highest BCUT2D eigenvalue weighted by Crippen LogP contribution is 2.37. The second-order valence-corrected chi connectivity index (χ2v) is 10.8. The molecule has 1 aromatic heterocycles. The molecule has 0 amide bonds. The van der Waals surface area contributed by atoms with Crippen molar-refractivity contribution in [1.29, 1.82) is 0 Å². The van der Waals surface area contributed by atoms with Gasteiger partial charge in [-0.25, -0.2) is 0 Å². The number of hydrogen-bond donors (Lipinski definition) is 0. The molecule has 2 heterocycles. The smallest absolute Gasteiger partial charge is 0.0692 e. The molecular weight excluding hydrogens is 460 g/mol. The first kappa shape index (κ1) is 25.9. The molecule has 194 valence electrons. The van der Waals surface area contributed by atoms with E-state index in [-0.39, 0.29) is 0 Å². The summed E-state index contributed by atoms with van der Waals surface area (Å²) in [5.74, 6) is 0.678. The molecule has 1 aliphatic carbocycles. The lowest BCUT2D eigenvalue weighted by Crippen LogP contribution is -2.33. The molecule has 0 bridgehead atoms. The van der Waals surface area contributed by atoms with Crippen molar-refractivity contribution in [3.05, 3.63) is 120 Å². The molecule has 0 spiro atoms. The van der Waals surface area contributed by atoms with Crippen LogP contribution in [0.2, 0.25) is 0 Å². The van der Waals surface area contributed by atoms with Gasteiger partial charge in [0.15, 0.2) is 0 Å². The number of aromatic nitrogens is 1. The van der Waals surface area contributed by atoms with E-state index in [2.05, 4.69) is 147 Å². The Morgan fingerprint density at radius 3 is 2.37 bits per heavy atom. The van der Waals surface area contributed by atoms with Gasteiger partial charge in [-0.05, 0) is 73.2 Å². The third-order valence-corrected chi connectivity index (χ3v) is 7.51. The van der Waals surface area contributed by atoms with Crippen LogP contribution in [0.25, 0.3) is 33.2 Å². The standard InChI is InChI=1S/C33H32N2.C3H8/c1-23-11-7-8-12-25(19-23)32-20-24(2)21-33(34(32)3)26-17-18-31-29(22-26)28-15-9-10-16-30(28)35(31)27-13-5-4-6-14-27;1-3-2/h4-10,12-18,20-23,32H,11,19H2,1-3H3;3H2,1-2H3. The van der Waals surface area contributed by atoms with Crippen LogP contribution in [0.3, 0.4) is 0 Å². The summed E-state index contributed by atoms with van der Waals surface area (Å²) in [6.45, 7) is 8.84. The molecule has 38 heavy (non-hydrogen) atoms. The Morgan fingerprint density at radius 2 is 1.58 bits per heavy atom. The SMILES string of the molecule is CC1=CC(C2=CC=CCC(C)C2)N(C)C(c2ccc3c(c2)c2ccccc2n3-c2ccccc2)=C1.CCC. The van der Waals surface area contributed by atoms with E-state index in [1.54, 1.807) is 0 Å². The summed E-state index contributed by atoms with van der Waals surface area (Å²) in [5, 5.41) is 2.59. The summed E-state index contributed by atoms with van der Waals surface area (Å²) >= 11 is 0. The Hall–Kier alpha value is -3.78. The number of allylic oxidation sites excluding steroid dienone is 5. The van der Waals surface area contributed by atoms with Gasteiger partial charge in [0.05, 0.1) is 17.1 Å². The summed E-state index contributed by atoms with van der Waals surface area (Å²) in [7, 11) is 2.25. The number of para-hydroxylation sites is 2. The van der Waals surface area contributed by atoms with Crippen LogP contribution < -0.4 is 0 Å². The second kappa shape index (κ2) is 11.3. The highest BCUT2D eigenvalue weighted by molar-refractivity contribution is 6.10. The zero-order chi connectivity index (χ0) is 26.6. The first-order chi connectivity index (χ1) is 18.5. The van der Waals surface area contributed by atoms with Gasteiger partial charge >= 0.3 is 0 Å². The van der Waals surface area contributed by atoms with Gasteiger partial charge in [-0.3, -0.25) is 0 Å². The lowest BCUT2D eigenvalue weighted by atomic mass is 9.90. The average molecular weight is 501 g/mol. The molecule has 0 N–H and O–H groups in total. The van der Waals surface area contributed by atoms with Crippen molar-refractivity contribution >= 4 is 27.5 Å². The zero-order valence-electron chi connectivity index (χ0n) is 23.5. The number of benzene rings is 3. The molecular formula is C36H40N2. The second-order valence-electron chi connectivity index (χ2n) is 10.8. The highest BCUT2D eigenvalue weighted by Gasteiger charge is 2.25. The van der Waals surface area contributed by atoms with E-state index < -0.39 is 0 Å². The Labute approximate surface area is 228 Å². The van der Waals surface area contributed by atoms with Crippen molar-refractivity contribution in [2.45, 2.75) is 53.0 Å². The van der Waals surface area contributed by atoms with E-state index in [1.807, 2.05) is 0 Å². The van der Waals surface area contributed by atoms with Crippen LogP contribution >= 0.6 is 0 Å². The molecule has 3 aromatic carbocycles. The van der Waals surface area contributed by atoms with Gasteiger partial charge in [0, 0.05) is 29.2 Å². The highest BCUT2D eigenvalue weighted by atomic mass is 15.1. The Bertz CT molecular complexity index is 1540. The number of nitrogens with zero attached hydrogens (tertiary/aromatic N) is 2. The van der Waals surface area contributed by atoms with Crippen molar-refractivity contribution in [2.24, 2.45) is 5.92 Å². The third kappa shape index (κ3) is 5.00. The van der Waals surface area contributed by atoms with Crippen LogP contribution in [0.4, 0.5) is 0 Å². The van der Waals surface area contributed by atoms with Gasteiger partial charge in [0.2, 0.25) is 0 Å². The zero-order valence-corrected chi connectivity index (χ0v) is 23.5. The maximum Gasteiger partial charge on any atom is 0.0692 e. The summed E-state index contributed by atoms with van der Waals surface area (Å²) in [4.78, 5) is 2.46. The first-order valence-electron chi connectivity index (χ1n) is 14.1. The molecule has 0 radical (unpaired) electrons. The third-order valence-electron chi connectivity index (χ3n) is 7.51. The van der Waals surface area contributed by atoms with Gasteiger partial charge < -0.3 is 9.47 Å². The van der Waals surface area contributed by atoms with Gasteiger partial charge in [-0.1, -0.05) is 99.5 Å². The van der Waals surface area contributed by atoms with E-state index in [4.69, 9.17) is 0 Å². The molecule has 0 saturated carbocycles. The summed E-state index contributed by atoms with van der Waals surface area (Å²) in [6.07, 6.45) is 15.2. The van der Waals surface area contributed by atoms with E-state index in [0.29, 0.717) is 12.0 Å². The van der Waals surface area contributed by atoms with E-state index in [1.165, 1.54) is 56.3 Å². The fraction of sp³-hybridized carbons (Fsp3) is 0.278. The predicted octanol–water partition coefficient (Wildman–Crippen LogP) is 9.71. The summed E-state index contributed by atoms with van der Waals surface area (Å²) in [5.41, 5.74) is 9.07. The summed E-state index contributed by atoms with van der Waals surface area (Å²) < 4.78 is 2.38. The topological polar surface area (TPSA) is 8.17 Å². The number of likely N-dealkylation sites (N-methyl/N-ethyl adjacent to an activating group) is 1. The minimum Gasteiger partial charge on any atom is -0.364 e. The van der Waals surface area contributed by atoms with Gasteiger partial charge in [-0.2, -0.15) is 0 Å². The fourth-order valence-electron chi connectivity index (χ4n) is 5.78. The van der Waals surface area contributed by atoms with Crippen molar-refractivity contribution < 1.29 is 0 Å². The van der Waals surface area contributed by atoms with Crippen molar-refractivity contribution in [3.63, 3.8) is 0 Å². The molecule has 6 rings (SSSR count). The first-order valence-corrected chi connectivity index (χ1v) is 14.1. The number of rotatable bonds is 3. The predicted molar refractivity (Wildman–Crippen MR) is 166 cm³/mol. The van der Waals surface area contributed by atoms with Crippen molar-refractivity contribution in [3.8, 4) is 5.69 Å². The molecule has 2 atom stereocenters. The van der Waals surface area contributed by atoms with Crippen LogP contribution in [0.15, 0.2) is 114 Å². The van der Waals surface area contributed by atoms with E-state index in [0.717, 1.165) is 12.8 Å². The normalized spacial score (nSPS) is 19.4. The van der Waals surface area contributed by atoms with Crippen LogP contribution in [-0.2, 0) is 0 Å². The van der Waals surface area contributed by atoms with E-state index in [9.17, 15) is 0 Å². The van der Waals surface area contributed by atoms with Crippen molar-refractivity contribution in [1.82, 2.24) is 9.47 Å². The van der Waals surface area contributed by atoms with Crippen LogP contribution in [-0.4, -0.2) is 22.6 Å². The molecule has 1 aliphatic heterocycles. The van der Waals surface area contributed by atoms with Crippen molar-refractivity contribution in [2.75, 3.05) is 7.05 Å². The van der Waals surface area contributed by atoms with Crippen LogP contribution in [0.1, 0.15) is 52.5 Å². The van der Waals surface area contributed by atoms with E-state index >= 15 is 0 Å². The van der Waals surface area contributed by atoms with Crippen LogP contribution in [0.5, 0.6) is 0 Å². The van der Waals surface area contributed by atoms with Crippen LogP contribution in [0, 0.1) is 5.92 Å². The minimum absolute atomic E-state index is 0.293. The number of fused-ring (bicyclic) bond motifs is 3.